The van der Waals surface area contributed by atoms with Gasteiger partial charge in [-0.2, -0.15) is 0 Å². The number of amides is 2. The Labute approximate surface area is 184 Å². The minimum atomic E-state index is -0.446. The second-order valence-corrected chi connectivity index (χ2v) is 8.53. The Balaban J connectivity index is 1.43. The van der Waals surface area contributed by atoms with E-state index in [4.69, 9.17) is 4.52 Å². The molecule has 1 aromatic carbocycles. The number of benzene rings is 1. The number of nitrogens with zero attached hydrogens (tertiary/aromatic N) is 3. The molecule has 3 heterocycles. The molecule has 0 bridgehead atoms. The summed E-state index contributed by atoms with van der Waals surface area (Å²) in [6, 6.07) is 11.0. The van der Waals surface area contributed by atoms with Crippen molar-refractivity contribution in [2.24, 2.45) is 0 Å². The molecule has 8 nitrogen and oxygen atoms in total. The van der Waals surface area contributed by atoms with Crippen molar-refractivity contribution in [3.63, 3.8) is 0 Å². The van der Waals surface area contributed by atoms with Crippen molar-refractivity contribution in [2.75, 3.05) is 18.4 Å². The van der Waals surface area contributed by atoms with Crippen LogP contribution >= 0.6 is 11.3 Å². The topological polar surface area (TPSA) is 100 Å². The van der Waals surface area contributed by atoms with Crippen molar-refractivity contribution in [1.82, 2.24) is 20.4 Å². The molecule has 162 valence electrons. The van der Waals surface area contributed by atoms with Crippen LogP contribution in [-0.4, -0.2) is 46.0 Å². The summed E-state index contributed by atoms with van der Waals surface area (Å²) in [4.78, 5) is 32.6. The van der Waals surface area contributed by atoms with Gasteiger partial charge in [0.2, 0.25) is 5.91 Å². The Morgan fingerprint density at radius 1 is 1.19 bits per heavy atom. The molecular formula is C22H25N5O3S. The van der Waals surface area contributed by atoms with E-state index < -0.39 is 6.04 Å². The second-order valence-electron chi connectivity index (χ2n) is 7.68. The first-order chi connectivity index (χ1) is 15.0. The monoisotopic (exact) mass is 439 g/mol. The van der Waals surface area contributed by atoms with Crippen LogP contribution in [0.5, 0.6) is 0 Å². The van der Waals surface area contributed by atoms with Crippen LogP contribution in [0.25, 0.3) is 0 Å². The molecule has 31 heavy (non-hydrogen) atoms. The number of carbonyl (C=O) groups excluding carboxylic acids is 2. The average molecular weight is 440 g/mol. The van der Waals surface area contributed by atoms with Crippen molar-refractivity contribution in [2.45, 2.75) is 38.8 Å². The third kappa shape index (κ3) is 5.00. The highest BCUT2D eigenvalue weighted by Crippen LogP contribution is 2.27. The molecule has 9 heteroatoms. The highest BCUT2D eigenvalue weighted by molar-refractivity contribution is 7.11. The number of hydrogen-bond acceptors (Lipinski definition) is 7. The summed E-state index contributed by atoms with van der Waals surface area (Å²) < 4.78 is 5.06. The Kier molecular flexibility index (Phi) is 6.43. The molecule has 1 fully saturated rings. The predicted octanol–water partition coefficient (Wildman–Crippen LogP) is 3.32. The van der Waals surface area contributed by atoms with Gasteiger partial charge in [-0.05, 0) is 32.3 Å². The lowest BCUT2D eigenvalue weighted by Crippen LogP contribution is -2.48. The van der Waals surface area contributed by atoms with Gasteiger partial charge in [0.15, 0.2) is 5.82 Å². The predicted molar refractivity (Wildman–Crippen MR) is 118 cm³/mol. The van der Waals surface area contributed by atoms with Gasteiger partial charge in [-0.15, -0.1) is 11.3 Å². The van der Waals surface area contributed by atoms with E-state index in [0.29, 0.717) is 29.5 Å². The van der Waals surface area contributed by atoms with Crippen molar-refractivity contribution in [1.29, 1.82) is 0 Å². The molecule has 0 saturated carbocycles. The number of anilines is 1. The van der Waals surface area contributed by atoms with Crippen molar-refractivity contribution in [3.05, 3.63) is 63.8 Å². The number of aryl methyl sites for hydroxylation is 2. The van der Waals surface area contributed by atoms with Gasteiger partial charge in [0.05, 0.1) is 11.2 Å². The number of aromatic nitrogens is 2. The number of piperidine rings is 1. The van der Waals surface area contributed by atoms with Gasteiger partial charge in [-0.1, -0.05) is 35.5 Å². The van der Waals surface area contributed by atoms with Crippen molar-refractivity contribution < 1.29 is 14.1 Å². The molecule has 1 atom stereocenters. The second kappa shape index (κ2) is 9.40. The van der Waals surface area contributed by atoms with Gasteiger partial charge in [-0.3, -0.25) is 14.5 Å². The Bertz CT molecular complexity index is 1040. The van der Waals surface area contributed by atoms with Crippen molar-refractivity contribution >= 4 is 29.0 Å². The molecule has 0 aliphatic carbocycles. The quantitative estimate of drug-likeness (QED) is 0.611. The Morgan fingerprint density at radius 2 is 1.94 bits per heavy atom. The van der Waals surface area contributed by atoms with E-state index in [0.717, 1.165) is 24.1 Å². The zero-order valence-electron chi connectivity index (χ0n) is 17.5. The van der Waals surface area contributed by atoms with Gasteiger partial charge in [0.1, 0.15) is 16.7 Å². The van der Waals surface area contributed by atoms with Crippen LogP contribution in [0, 0.1) is 13.8 Å². The zero-order valence-corrected chi connectivity index (χ0v) is 18.3. The summed E-state index contributed by atoms with van der Waals surface area (Å²) in [5.74, 6) is 0.823. The molecule has 0 spiro atoms. The summed E-state index contributed by atoms with van der Waals surface area (Å²) in [5.41, 5.74) is 3.36. The number of thiazole rings is 1. The van der Waals surface area contributed by atoms with Gasteiger partial charge in [-0.25, -0.2) is 4.98 Å². The van der Waals surface area contributed by atoms with Gasteiger partial charge in [0, 0.05) is 25.2 Å². The first-order valence-electron chi connectivity index (χ1n) is 10.3. The molecule has 1 saturated heterocycles. The third-order valence-corrected chi connectivity index (χ3v) is 6.35. The van der Waals surface area contributed by atoms with Crippen LogP contribution < -0.4 is 10.6 Å². The smallest absolute Gasteiger partial charge is 0.263 e. The molecule has 4 rings (SSSR count). The fraction of sp³-hybridized carbons (Fsp3) is 0.364. The number of rotatable bonds is 6. The summed E-state index contributed by atoms with van der Waals surface area (Å²) in [5, 5.41) is 9.86. The standard InChI is InChI=1S/C22H25N5O3S/c1-14-12-18(26-30-14)25-21(28)19(16-6-4-3-5-7-16)27-10-8-17(9-11-27)24-22(29)20-15(2)23-13-31-20/h3-7,12-13,17,19H,8-11H2,1-2H3,(H,24,29)(H,25,26,28). The van der Waals surface area contributed by atoms with Gasteiger partial charge >= 0.3 is 0 Å². The maximum absolute atomic E-state index is 13.2. The summed E-state index contributed by atoms with van der Waals surface area (Å²) in [6.45, 7) is 5.01. The Morgan fingerprint density at radius 3 is 2.55 bits per heavy atom. The molecule has 2 amide bonds. The zero-order chi connectivity index (χ0) is 21.8. The highest BCUT2D eigenvalue weighted by Gasteiger charge is 2.32. The SMILES string of the molecule is Cc1cc(NC(=O)C(c2ccccc2)N2CCC(NC(=O)c3scnc3C)CC2)no1. The molecule has 2 aromatic heterocycles. The van der Waals surface area contributed by atoms with Crippen molar-refractivity contribution in [3.8, 4) is 0 Å². The summed E-state index contributed by atoms with van der Waals surface area (Å²) in [7, 11) is 0. The third-order valence-electron chi connectivity index (χ3n) is 5.42. The molecule has 3 aromatic rings. The van der Waals surface area contributed by atoms with E-state index in [1.54, 1.807) is 18.5 Å². The number of nitrogens with one attached hydrogen (secondary N) is 2. The minimum absolute atomic E-state index is 0.0720. The summed E-state index contributed by atoms with van der Waals surface area (Å²) >= 11 is 1.36. The molecule has 1 aliphatic heterocycles. The van der Waals surface area contributed by atoms with E-state index in [9.17, 15) is 9.59 Å². The molecular weight excluding hydrogens is 414 g/mol. The number of hydrogen-bond donors (Lipinski definition) is 2. The van der Waals surface area contributed by atoms with Crippen LogP contribution in [-0.2, 0) is 4.79 Å². The first kappa shape index (κ1) is 21.2. The first-order valence-corrected chi connectivity index (χ1v) is 11.1. The lowest BCUT2D eigenvalue weighted by molar-refractivity contribution is -0.122. The summed E-state index contributed by atoms with van der Waals surface area (Å²) in [6.07, 6.45) is 1.53. The van der Waals surface area contributed by atoms with Crippen LogP contribution in [0.1, 0.15) is 45.6 Å². The average Bonchev–Trinajstić information content (AvgIpc) is 3.38. The lowest BCUT2D eigenvalue weighted by atomic mass is 9.98. The maximum atomic E-state index is 13.2. The van der Waals surface area contributed by atoms with E-state index in [1.165, 1.54) is 11.3 Å². The van der Waals surface area contributed by atoms with E-state index in [-0.39, 0.29) is 17.9 Å². The van der Waals surface area contributed by atoms with Gasteiger partial charge in [0.25, 0.3) is 5.91 Å². The van der Waals surface area contributed by atoms with Crippen LogP contribution in [0.3, 0.4) is 0 Å². The number of likely N-dealkylation sites (tertiary alicyclic amines) is 1. The molecule has 0 radical (unpaired) electrons. The lowest BCUT2D eigenvalue weighted by Gasteiger charge is -2.37. The maximum Gasteiger partial charge on any atom is 0.263 e. The van der Waals surface area contributed by atoms with E-state index >= 15 is 0 Å². The Hall–Kier alpha value is -3.04. The van der Waals surface area contributed by atoms with Crippen LogP contribution in [0.15, 0.2) is 46.4 Å². The van der Waals surface area contributed by atoms with Gasteiger partial charge < -0.3 is 15.2 Å². The molecule has 1 aliphatic rings. The molecule has 1 unspecified atom stereocenters. The van der Waals surface area contributed by atoms with E-state index in [2.05, 4.69) is 25.7 Å². The van der Waals surface area contributed by atoms with Crippen LogP contribution in [0.4, 0.5) is 5.82 Å². The van der Waals surface area contributed by atoms with Crippen LogP contribution in [0.2, 0.25) is 0 Å². The largest absolute Gasteiger partial charge is 0.360 e. The fourth-order valence-electron chi connectivity index (χ4n) is 3.86. The fourth-order valence-corrected chi connectivity index (χ4v) is 4.56. The normalized spacial score (nSPS) is 16.1. The highest BCUT2D eigenvalue weighted by atomic mass is 32.1. The minimum Gasteiger partial charge on any atom is -0.360 e. The number of carbonyl (C=O) groups is 2. The molecule has 2 N–H and O–H groups in total. The van der Waals surface area contributed by atoms with E-state index in [1.807, 2.05) is 37.3 Å².